The van der Waals surface area contributed by atoms with E-state index >= 15 is 0 Å². The van der Waals surface area contributed by atoms with Gasteiger partial charge in [-0.15, -0.1) is 0 Å². The molecule has 2 heteroatoms. The maximum atomic E-state index is 3.34. The summed E-state index contributed by atoms with van der Waals surface area (Å²) in [7, 11) is 2.32. The molecule has 0 saturated heterocycles. The van der Waals surface area contributed by atoms with Crippen LogP contribution in [0.1, 0.15) is 51.9 Å². The molecule has 0 amide bonds. The van der Waals surface area contributed by atoms with Crippen LogP contribution >= 0.6 is 0 Å². The summed E-state index contributed by atoms with van der Waals surface area (Å²) in [5, 5.41) is 3.34. The van der Waals surface area contributed by atoms with Gasteiger partial charge in [0, 0.05) is 0 Å². The van der Waals surface area contributed by atoms with E-state index < -0.39 is 0 Å². The van der Waals surface area contributed by atoms with Gasteiger partial charge in [-0.05, 0) is 6.54 Å². The Morgan fingerprint density at radius 2 is 1.67 bits per heavy atom. The Hall–Kier alpha value is 0.0249. The van der Waals surface area contributed by atoms with E-state index in [0.717, 1.165) is 12.4 Å². The molecule has 0 heterocycles. The first kappa shape index (κ1) is 10.1. The van der Waals surface area contributed by atoms with Crippen molar-refractivity contribution in [3.05, 3.63) is 0 Å². The first-order valence-corrected chi connectivity index (χ1v) is 5.50. The number of rotatable bonds is 3. The lowest BCUT2D eigenvalue weighted by Gasteiger charge is -2.18. The molecule has 0 atom stereocenters. The molecule has 0 aliphatic heterocycles. The molecular weight excluding hydrogens is 145 g/mol. The maximum Gasteiger partial charge on any atom is 0.208 e. The highest BCUT2D eigenvalue weighted by molar-refractivity contribution is 6.34. The molecule has 1 saturated carbocycles. The molecular formula is C10H21BN. The molecule has 1 aliphatic carbocycles. The van der Waals surface area contributed by atoms with Crippen molar-refractivity contribution in [3.8, 4) is 0 Å². The van der Waals surface area contributed by atoms with Crippen LogP contribution in [0.25, 0.3) is 0 Å². The lowest BCUT2D eigenvalue weighted by Crippen LogP contribution is -2.23. The van der Waals surface area contributed by atoms with Crippen LogP contribution in [-0.4, -0.2) is 14.0 Å². The summed E-state index contributed by atoms with van der Waals surface area (Å²) in [5.74, 6) is 0.852. The van der Waals surface area contributed by atoms with Gasteiger partial charge < -0.3 is 5.23 Å². The fourth-order valence-corrected chi connectivity index (χ4v) is 1.94. The van der Waals surface area contributed by atoms with Crippen molar-refractivity contribution in [3.63, 3.8) is 0 Å². The van der Waals surface area contributed by atoms with Gasteiger partial charge in [-0.1, -0.05) is 57.7 Å². The van der Waals surface area contributed by atoms with Gasteiger partial charge >= 0.3 is 0 Å². The lowest BCUT2D eigenvalue weighted by molar-refractivity contribution is 0.499. The van der Waals surface area contributed by atoms with Crippen molar-refractivity contribution in [1.82, 2.24) is 5.23 Å². The van der Waals surface area contributed by atoms with Crippen molar-refractivity contribution in [2.45, 2.75) is 57.7 Å². The summed E-state index contributed by atoms with van der Waals surface area (Å²) >= 11 is 0. The fraction of sp³-hybridized carbons (Fsp3) is 1.00. The van der Waals surface area contributed by atoms with E-state index in [2.05, 4.69) is 19.6 Å². The van der Waals surface area contributed by atoms with Crippen LogP contribution in [0, 0.1) is 0 Å². The highest BCUT2D eigenvalue weighted by Crippen LogP contribution is 2.24. The molecule has 0 aromatic rings. The summed E-state index contributed by atoms with van der Waals surface area (Å²) in [6, 6.07) is 0. The predicted octanol–water partition coefficient (Wildman–Crippen LogP) is 2.75. The number of hydrogen-bond acceptors (Lipinski definition) is 1. The molecule has 0 unspecified atom stereocenters. The van der Waals surface area contributed by atoms with Crippen molar-refractivity contribution < 1.29 is 0 Å². The van der Waals surface area contributed by atoms with Crippen LogP contribution < -0.4 is 5.23 Å². The molecule has 0 spiro atoms. The molecule has 0 aromatic heterocycles. The quantitative estimate of drug-likeness (QED) is 0.635. The van der Waals surface area contributed by atoms with Crippen LogP contribution in [0.15, 0.2) is 0 Å². The minimum Gasteiger partial charge on any atom is -0.360 e. The van der Waals surface area contributed by atoms with Crippen molar-refractivity contribution in [1.29, 1.82) is 0 Å². The normalized spacial score (nSPS) is 21.4. The zero-order chi connectivity index (χ0) is 8.65. The molecule has 1 rings (SSSR count). The van der Waals surface area contributed by atoms with E-state index in [1.165, 1.54) is 44.9 Å². The van der Waals surface area contributed by atoms with Gasteiger partial charge in [0.1, 0.15) is 0 Å². The topological polar surface area (TPSA) is 12.0 Å². The van der Waals surface area contributed by atoms with Gasteiger partial charge in [0.15, 0.2) is 0 Å². The molecule has 1 radical (unpaired) electrons. The average molecular weight is 166 g/mol. The second-order valence-electron chi connectivity index (χ2n) is 3.83. The van der Waals surface area contributed by atoms with Gasteiger partial charge in [0.2, 0.25) is 7.41 Å². The highest BCUT2D eigenvalue weighted by Gasteiger charge is 2.11. The third-order valence-electron chi connectivity index (χ3n) is 2.71. The highest BCUT2D eigenvalue weighted by atomic mass is 14.7. The van der Waals surface area contributed by atoms with Crippen LogP contribution in [0.4, 0.5) is 0 Å². The summed E-state index contributed by atoms with van der Waals surface area (Å²) in [6.07, 6.45) is 10.1. The molecule has 1 fully saturated rings. The molecule has 12 heavy (non-hydrogen) atoms. The minimum absolute atomic E-state index is 0.852. The Labute approximate surface area is 77.6 Å². The van der Waals surface area contributed by atoms with Gasteiger partial charge in [-0.3, -0.25) is 0 Å². The molecule has 1 aliphatic rings. The van der Waals surface area contributed by atoms with Crippen LogP contribution in [0.5, 0.6) is 0 Å². The minimum atomic E-state index is 0.852. The van der Waals surface area contributed by atoms with Gasteiger partial charge in [-0.2, -0.15) is 0 Å². The van der Waals surface area contributed by atoms with Crippen molar-refractivity contribution in [2.75, 3.05) is 6.54 Å². The maximum absolute atomic E-state index is 3.34. The van der Waals surface area contributed by atoms with E-state index in [-0.39, 0.29) is 0 Å². The Morgan fingerprint density at radius 1 is 1.08 bits per heavy atom. The zero-order valence-corrected chi connectivity index (χ0v) is 8.31. The molecule has 69 valence electrons. The van der Waals surface area contributed by atoms with Crippen LogP contribution in [0.3, 0.4) is 0 Å². The van der Waals surface area contributed by atoms with E-state index in [1.54, 1.807) is 0 Å². The molecule has 0 bridgehead atoms. The SMILES string of the molecule is CCN[B]C1CCCCCCC1. The first-order chi connectivity index (χ1) is 5.93. The van der Waals surface area contributed by atoms with Gasteiger partial charge in [-0.25, -0.2) is 0 Å². The summed E-state index contributed by atoms with van der Waals surface area (Å²) in [6.45, 7) is 3.25. The number of hydrogen-bond donors (Lipinski definition) is 1. The van der Waals surface area contributed by atoms with E-state index in [0.29, 0.717) is 0 Å². The monoisotopic (exact) mass is 166 g/mol. The number of nitrogens with one attached hydrogen (secondary N) is 1. The van der Waals surface area contributed by atoms with Crippen molar-refractivity contribution >= 4 is 7.41 Å². The van der Waals surface area contributed by atoms with Crippen molar-refractivity contribution in [2.24, 2.45) is 0 Å². The van der Waals surface area contributed by atoms with Gasteiger partial charge in [0.25, 0.3) is 0 Å². The average Bonchev–Trinajstić information content (AvgIpc) is 2.02. The predicted molar refractivity (Wildman–Crippen MR) is 55.5 cm³/mol. The largest absolute Gasteiger partial charge is 0.360 e. The lowest BCUT2D eigenvalue weighted by atomic mass is 9.69. The fourth-order valence-electron chi connectivity index (χ4n) is 1.94. The molecule has 1 N–H and O–H groups in total. The molecule has 0 aromatic carbocycles. The van der Waals surface area contributed by atoms with Gasteiger partial charge in [0.05, 0.1) is 0 Å². The van der Waals surface area contributed by atoms with Crippen LogP contribution in [0.2, 0.25) is 5.82 Å². The van der Waals surface area contributed by atoms with E-state index in [9.17, 15) is 0 Å². The van der Waals surface area contributed by atoms with E-state index in [1.807, 2.05) is 0 Å². The second-order valence-corrected chi connectivity index (χ2v) is 3.83. The second kappa shape index (κ2) is 6.53. The standard InChI is InChI=1S/C10H21BN/c1-2-12-11-10-8-6-4-3-5-7-9-10/h10,12H,2-9H2,1H3. The van der Waals surface area contributed by atoms with E-state index in [4.69, 9.17) is 0 Å². The Bertz CT molecular complexity index is 95.3. The third-order valence-corrected chi connectivity index (χ3v) is 2.71. The zero-order valence-electron chi connectivity index (χ0n) is 8.31. The Morgan fingerprint density at radius 3 is 2.25 bits per heavy atom. The first-order valence-electron chi connectivity index (χ1n) is 5.50. The summed E-state index contributed by atoms with van der Waals surface area (Å²) in [4.78, 5) is 0. The Balaban J connectivity index is 2.11. The summed E-state index contributed by atoms with van der Waals surface area (Å²) in [5.41, 5.74) is 0. The third kappa shape index (κ3) is 4.15. The smallest absolute Gasteiger partial charge is 0.208 e. The summed E-state index contributed by atoms with van der Waals surface area (Å²) < 4.78 is 0. The Kier molecular flexibility index (Phi) is 5.50. The molecule has 1 nitrogen and oxygen atoms in total. The van der Waals surface area contributed by atoms with Crippen LogP contribution in [-0.2, 0) is 0 Å².